The van der Waals surface area contributed by atoms with E-state index in [-0.39, 0.29) is 5.41 Å². The van der Waals surface area contributed by atoms with Gasteiger partial charge in [-0.2, -0.15) is 0 Å². The van der Waals surface area contributed by atoms with Gasteiger partial charge in [0.1, 0.15) is 11.2 Å². The molecule has 1 aromatic heterocycles. The van der Waals surface area contributed by atoms with Crippen LogP contribution in [0.3, 0.4) is 0 Å². The van der Waals surface area contributed by atoms with Gasteiger partial charge in [-0.3, -0.25) is 0 Å². The molecule has 0 aliphatic heterocycles. The third-order valence-corrected chi connectivity index (χ3v) is 12.7. The molecule has 12 rings (SSSR count). The molecule has 0 saturated carbocycles. The van der Waals surface area contributed by atoms with Crippen molar-refractivity contribution in [2.45, 2.75) is 19.3 Å². The van der Waals surface area contributed by atoms with Crippen LogP contribution in [-0.2, 0) is 5.41 Å². The fourth-order valence-electron chi connectivity index (χ4n) is 10.0. The van der Waals surface area contributed by atoms with Crippen LogP contribution in [0.15, 0.2) is 186 Å². The fourth-order valence-corrected chi connectivity index (χ4v) is 10.0. The van der Waals surface area contributed by atoms with E-state index in [1.54, 1.807) is 0 Å². The third kappa shape index (κ3) is 4.31. The Morgan fingerprint density at radius 2 is 0.857 bits per heavy atom. The van der Waals surface area contributed by atoms with Gasteiger partial charge in [0.15, 0.2) is 0 Å². The van der Waals surface area contributed by atoms with Crippen molar-refractivity contribution < 1.29 is 4.42 Å². The van der Waals surface area contributed by atoms with Crippen LogP contribution < -0.4 is 0 Å². The third-order valence-electron chi connectivity index (χ3n) is 12.7. The van der Waals surface area contributed by atoms with Crippen molar-refractivity contribution in [2.24, 2.45) is 0 Å². The minimum atomic E-state index is -0.201. The molecule has 0 unspecified atom stereocenters. The van der Waals surface area contributed by atoms with Gasteiger partial charge in [0, 0.05) is 21.6 Å². The predicted molar refractivity (Wildman–Crippen MR) is 238 cm³/mol. The monoisotopic (exact) mass is 712 g/mol. The van der Waals surface area contributed by atoms with Crippen LogP contribution in [0.5, 0.6) is 0 Å². The normalized spacial score (nSPS) is 13.3. The molecule has 0 atom stereocenters. The zero-order valence-electron chi connectivity index (χ0n) is 31.2. The van der Waals surface area contributed by atoms with E-state index in [0.717, 1.165) is 27.3 Å². The Labute approximate surface area is 325 Å². The molecular weight excluding hydrogens is 677 g/mol. The van der Waals surface area contributed by atoms with Gasteiger partial charge >= 0.3 is 0 Å². The molecule has 0 saturated heterocycles. The highest BCUT2D eigenvalue weighted by atomic mass is 16.3. The van der Waals surface area contributed by atoms with Gasteiger partial charge in [0.05, 0.1) is 0 Å². The zero-order chi connectivity index (χ0) is 37.1. The van der Waals surface area contributed by atoms with Gasteiger partial charge in [0.2, 0.25) is 0 Å². The Hall–Kier alpha value is -6.96. The fraction of sp³-hybridized carbons (Fsp3) is 0.0545. The van der Waals surface area contributed by atoms with Crippen LogP contribution in [0.4, 0.5) is 0 Å². The van der Waals surface area contributed by atoms with Crippen molar-refractivity contribution in [3.05, 3.63) is 193 Å². The van der Waals surface area contributed by atoms with E-state index in [0.29, 0.717) is 0 Å². The van der Waals surface area contributed by atoms with Gasteiger partial charge < -0.3 is 4.42 Å². The second-order valence-corrected chi connectivity index (χ2v) is 16.0. The summed E-state index contributed by atoms with van der Waals surface area (Å²) in [5.41, 5.74) is 14.6. The first-order valence-corrected chi connectivity index (χ1v) is 19.6. The van der Waals surface area contributed by atoms with Gasteiger partial charge in [-0.25, -0.2) is 0 Å². The molecule has 0 spiro atoms. The number of para-hydroxylation sites is 1. The number of benzene rings is 10. The van der Waals surface area contributed by atoms with Crippen molar-refractivity contribution in [3.8, 4) is 44.5 Å². The maximum absolute atomic E-state index is 6.45. The summed E-state index contributed by atoms with van der Waals surface area (Å²) in [6, 6.07) is 67.2. The number of fused-ring (bicyclic) bond motifs is 11. The van der Waals surface area contributed by atoms with E-state index < -0.39 is 0 Å². The summed E-state index contributed by atoms with van der Waals surface area (Å²) < 4.78 is 6.45. The molecular formula is C55H36O. The lowest BCUT2D eigenvalue weighted by atomic mass is 9.79. The number of hydrogen-bond donors (Lipinski definition) is 0. The first kappa shape index (κ1) is 31.4. The van der Waals surface area contributed by atoms with Crippen LogP contribution >= 0.6 is 0 Å². The molecule has 1 heterocycles. The van der Waals surface area contributed by atoms with Gasteiger partial charge in [-0.05, 0) is 118 Å². The summed E-state index contributed by atoms with van der Waals surface area (Å²) in [4.78, 5) is 0. The Kier molecular flexibility index (Phi) is 6.46. The Morgan fingerprint density at radius 3 is 1.55 bits per heavy atom. The van der Waals surface area contributed by atoms with E-state index in [9.17, 15) is 0 Å². The van der Waals surface area contributed by atoms with E-state index >= 15 is 0 Å². The summed E-state index contributed by atoms with van der Waals surface area (Å²) in [6.45, 7) is 4.80. The van der Waals surface area contributed by atoms with Crippen molar-refractivity contribution in [3.63, 3.8) is 0 Å². The lowest BCUT2D eigenvalue weighted by molar-refractivity contribution is 0.661. The highest BCUT2D eigenvalue weighted by Crippen LogP contribution is 2.53. The minimum Gasteiger partial charge on any atom is -0.455 e. The SMILES string of the molecule is CC1(C)c2cc(-c3c4ccccc4c(-c4cccc5ccccc45)c4ccccc34)ccc2-c2ccc(-c3cc4c5ccccc5oc4c4ccccc34)cc21. The van der Waals surface area contributed by atoms with E-state index in [4.69, 9.17) is 4.42 Å². The maximum Gasteiger partial charge on any atom is 0.143 e. The second kappa shape index (κ2) is 11.5. The highest BCUT2D eigenvalue weighted by Gasteiger charge is 2.36. The molecule has 0 fully saturated rings. The Morgan fingerprint density at radius 1 is 0.339 bits per heavy atom. The molecule has 0 N–H and O–H groups in total. The lowest BCUT2D eigenvalue weighted by Crippen LogP contribution is -2.15. The van der Waals surface area contributed by atoms with E-state index in [2.05, 4.69) is 190 Å². The predicted octanol–water partition coefficient (Wildman–Crippen LogP) is 15.5. The molecule has 11 aromatic rings. The summed E-state index contributed by atoms with van der Waals surface area (Å²) >= 11 is 0. The highest BCUT2D eigenvalue weighted by molar-refractivity contribution is 6.24. The molecule has 1 aliphatic carbocycles. The van der Waals surface area contributed by atoms with Crippen molar-refractivity contribution in [2.75, 3.05) is 0 Å². The van der Waals surface area contributed by atoms with Crippen LogP contribution in [0, 0.1) is 0 Å². The smallest absolute Gasteiger partial charge is 0.143 e. The minimum absolute atomic E-state index is 0.201. The Balaban J connectivity index is 1.04. The molecule has 1 nitrogen and oxygen atoms in total. The van der Waals surface area contributed by atoms with Crippen LogP contribution in [0.25, 0.3) is 110 Å². The molecule has 56 heavy (non-hydrogen) atoms. The summed E-state index contributed by atoms with van der Waals surface area (Å²) in [6.07, 6.45) is 0. The summed E-state index contributed by atoms with van der Waals surface area (Å²) in [5.74, 6) is 0. The number of furan rings is 1. The van der Waals surface area contributed by atoms with Gasteiger partial charge in [0.25, 0.3) is 0 Å². The van der Waals surface area contributed by atoms with E-state index in [1.165, 1.54) is 93.3 Å². The average Bonchev–Trinajstić information content (AvgIpc) is 3.73. The van der Waals surface area contributed by atoms with Crippen LogP contribution in [0.1, 0.15) is 25.0 Å². The molecule has 0 radical (unpaired) electrons. The molecule has 1 heteroatoms. The quantitative estimate of drug-likeness (QED) is 0.166. The maximum atomic E-state index is 6.45. The van der Waals surface area contributed by atoms with E-state index in [1.807, 2.05) is 6.07 Å². The second-order valence-electron chi connectivity index (χ2n) is 16.0. The standard InChI is InChI=1S/C55H36O/c1-55(2)49-30-34(47-32-48-40-18-11-12-25-51(40)56-54(48)46-23-10-5-17-37(46)47)26-28-38(49)39-29-27-35(31-50(39)55)52-42-19-6-8-21-44(42)53(45-22-9-7-20-43(45)52)41-24-13-15-33-14-3-4-16-36(33)41/h3-32H,1-2H3. The molecule has 10 aromatic carbocycles. The molecule has 1 aliphatic rings. The molecule has 0 bridgehead atoms. The molecule has 0 amide bonds. The zero-order valence-corrected chi connectivity index (χ0v) is 31.2. The molecule has 262 valence electrons. The van der Waals surface area contributed by atoms with Crippen LogP contribution in [-0.4, -0.2) is 0 Å². The van der Waals surface area contributed by atoms with Crippen LogP contribution in [0.2, 0.25) is 0 Å². The van der Waals surface area contributed by atoms with Crippen molar-refractivity contribution in [1.29, 1.82) is 0 Å². The topological polar surface area (TPSA) is 13.1 Å². The first-order chi connectivity index (χ1) is 27.5. The van der Waals surface area contributed by atoms with Crippen molar-refractivity contribution >= 4 is 65.0 Å². The number of hydrogen-bond acceptors (Lipinski definition) is 1. The summed E-state index contributed by atoms with van der Waals surface area (Å²) in [5, 5.41) is 12.3. The summed E-state index contributed by atoms with van der Waals surface area (Å²) in [7, 11) is 0. The lowest BCUT2D eigenvalue weighted by Gasteiger charge is -2.24. The van der Waals surface area contributed by atoms with Gasteiger partial charge in [-0.1, -0.05) is 172 Å². The number of rotatable bonds is 3. The first-order valence-electron chi connectivity index (χ1n) is 19.6. The Bertz CT molecular complexity index is 3390. The van der Waals surface area contributed by atoms with Crippen molar-refractivity contribution in [1.82, 2.24) is 0 Å². The van der Waals surface area contributed by atoms with Gasteiger partial charge in [-0.15, -0.1) is 0 Å². The largest absolute Gasteiger partial charge is 0.455 e. The average molecular weight is 713 g/mol.